The quantitative estimate of drug-likeness (QED) is 0.730. The average Bonchev–Trinajstić information content (AvgIpc) is 2.48. The lowest BCUT2D eigenvalue weighted by molar-refractivity contribution is 0.0619. The summed E-state index contributed by atoms with van der Waals surface area (Å²) in [5.74, 6) is 0.143. The van der Waals surface area contributed by atoms with Crippen molar-refractivity contribution in [3.05, 3.63) is 35.9 Å². The molecule has 20 heavy (non-hydrogen) atoms. The third kappa shape index (κ3) is 4.89. The Kier molecular flexibility index (Phi) is 7.82. The smallest absolute Gasteiger partial charge is 0.0827 e. The maximum atomic E-state index is 10.4. The Balaban J connectivity index is 2.67. The molecular formula is C17H29NO2. The Morgan fingerprint density at radius 3 is 2.20 bits per heavy atom. The van der Waals surface area contributed by atoms with Crippen LogP contribution in [-0.4, -0.2) is 40.9 Å². The van der Waals surface area contributed by atoms with Crippen LogP contribution in [0.3, 0.4) is 0 Å². The molecule has 3 heteroatoms. The van der Waals surface area contributed by atoms with Crippen LogP contribution in [0.2, 0.25) is 0 Å². The summed E-state index contributed by atoms with van der Waals surface area (Å²) in [7, 11) is 0. The molecule has 2 atom stereocenters. The number of benzene rings is 1. The van der Waals surface area contributed by atoms with E-state index >= 15 is 0 Å². The number of hydrogen-bond donors (Lipinski definition) is 2. The zero-order valence-electron chi connectivity index (χ0n) is 13.0. The molecule has 2 unspecified atom stereocenters. The fraction of sp³-hybridized carbons (Fsp3) is 0.647. The Morgan fingerprint density at radius 1 is 1.10 bits per heavy atom. The summed E-state index contributed by atoms with van der Waals surface area (Å²) >= 11 is 0. The number of rotatable bonds is 9. The van der Waals surface area contributed by atoms with Gasteiger partial charge in [0.05, 0.1) is 12.7 Å². The fourth-order valence-corrected chi connectivity index (χ4v) is 2.80. The highest BCUT2D eigenvalue weighted by Crippen LogP contribution is 2.23. The number of hydrogen-bond acceptors (Lipinski definition) is 3. The van der Waals surface area contributed by atoms with Crippen molar-refractivity contribution in [1.29, 1.82) is 0 Å². The van der Waals surface area contributed by atoms with Gasteiger partial charge in [0, 0.05) is 19.1 Å². The zero-order chi connectivity index (χ0) is 15.0. The van der Waals surface area contributed by atoms with Crippen molar-refractivity contribution < 1.29 is 10.2 Å². The molecule has 1 aromatic carbocycles. The topological polar surface area (TPSA) is 43.7 Å². The molecule has 0 saturated carbocycles. The van der Waals surface area contributed by atoms with Gasteiger partial charge in [-0.25, -0.2) is 0 Å². The summed E-state index contributed by atoms with van der Waals surface area (Å²) in [4.78, 5) is 2.30. The lowest BCUT2D eigenvalue weighted by Gasteiger charge is -2.33. The van der Waals surface area contributed by atoms with E-state index in [0.717, 1.165) is 24.9 Å². The highest BCUT2D eigenvalue weighted by molar-refractivity contribution is 5.17. The first-order valence-electron chi connectivity index (χ1n) is 7.71. The molecule has 0 spiro atoms. The molecule has 0 aliphatic rings. The predicted octanol–water partition coefficient (Wildman–Crippen LogP) is 2.84. The van der Waals surface area contributed by atoms with Crippen LogP contribution >= 0.6 is 0 Å². The van der Waals surface area contributed by atoms with Gasteiger partial charge in [-0.05, 0) is 24.3 Å². The molecule has 0 aromatic heterocycles. The lowest BCUT2D eigenvalue weighted by atomic mass is 9.96. The number of nitrogens with zero attached hydrogens (tertiary/aromatic N) is 1. The van der Waals surface area contributed by atoms with Crippen molar-refractivity contribution in [3.63, 3.8) is 0 Å². The van der Waals surface area contributed by atoms with E-state index in [0.29, 0.717) is 12.6 Å². The van der Waals surface area contributed by atoms with E-state index in [1.165, 1.54) is 0 Å². The summed E-state index contributed by atoms with van der Waals surface area (Å²) in [5, 5.41) is 19.7. The second kappa shape index (κ2) is 9.11. The van der Waals surface area contributed by atoms with Gasteiger partial charge in [0.1, 0.15) is 0 Å². The second-order valence-corrected chi connectivity index (χ2v) is 5.52. The molecule has 0 radical (unpaired) electrons. The molecule has 0 aliphatic carbocycles. The fourth-order valence-electron chi connectivity index (χ4n) is 2.80. The Labute approximate surface area is 123 Å². The first-order chi connectivity index (χ1) is 9.63. The highest BCUT2D eigenvalue weighted by atomic mass is 16.3. The van der Waals surface area contributed by atoms with Gasteiger partial charge < -0.3 is 10.2 Å². The monoisotopic (exact) mass is 279 g/mol. The van der Waals surface area contributed by atoms with Gasteiger partial charge in [0.2, 0.25) is 0 Å². The molecule has 1 aromatic rings. The zero-order valence-corrected chi connectivity index (χ0v) is 13.0. The van der Waals surface area contributed by atoms with Crippen LogP contribution in [0.1, 0.15) is 45.3 Å². The lowest BCUT2D eigenvalue weighted by Crippen LogP contribution is -2.40. The summed E-state index contributed by atoms with van der Waals surface area (Å²) in [6.45, 7) is 8.09. The van der Waals surface area contributed by atoms with Crippen LogP contribution < -0.4 is 0 Å². The summed E-state index contributed by atoms with van der Waals surface area (Å²) < 4.78 is 0. The third-order valence-corrected chi connectivity index (χ3v) is 4.05. The van der Waals surface area contributed by atoms with Crippen LogP contribution in [0.4, 0.5) is 0 Å². The van der Waals surface area contributed by atoms with Crippen LogP contribution in [-0.2, 0) is 0 Å². The predicted molar refractivity (Wildman–Crippen MR) is 83.6 cm³/mol. The maximum Gasteiger partial charge on any atom is 0.0827 e. The first kappa shape index (κ1) is 17.2. The van der Waals surface area contributed by atoms with Gasteiger partial charge in [-0.2, -0.15) is 0 Å². The van der Waals surface area contributed by atoms with Crippen molar-refractivity contribution in [2.45, 2.75) is 45.8 Å². The molecule has 0 amide bonds. The van der Waals surface area contributed by atoms with Gasteiger partial charge in [-0.15, -0.1) is 0 Å². The van der Waals surface area contributed by atoms with Crippen molar-refractivity contribution in [2.75, 3.05) is 19.7 Å². The van der Waals surface area contributed by atoms with E-state index < -0.39 is 6.10 Å². The van der Waals surface area contributed by atoms with Gasteiger partial charge in [0.25, 0.3) is 0 Å². The van der Waals surface area contributed by atoms with Gasteiger partial charge in [0.15, 0.2) is 0 Å². The minimum absolute atomic E-state index is 0.143. The number of aliphatic hydroxyl groups excluding tert-OH is 2. The van der Waals surface area contributed by atoms with E-state index in [1.807, 2.05) is 30.3 Å². The van der Waals surface area contributed by atoms with Gasteiger partial charge in [-0.1, -0.05) is 51.1 Å². The summed E-state index contributed by atoms with van der Waals surface area (Å²) in [6.07, 6.45) is 1.70. The molecule has 0 fully saturated rings. The van der Waals surface area contributed by atoms with Crippen LogP contribution in [0, 0.1) is 5.92 Å². The van der Waals surface area contributed by atoms with Gasteiger partial charge >= 0.3 is 0 Å². The van der Waals surface area contributed by atoms with Crippen LogP contribution in [0.15, 0.2) is 30.3 Å². The highest BCUT2D eigenvalue weighted by Gasteiger charge is 2.22. The maximum absolute atomic E-state index is 10.4. The normalized spacial score (nSPS) is 14.8. The molecule has 2 N–H and O–H groups in total. The van der Waals surface area contributed by atoms with E-state index in [-0.39, 0.29) is 12.5 Å². The van der Waals surface area contributed by atoms with E-state index in [2.05, 4.69) is 25.7 Å². The second-order valence-electron chi connectivity index (χ2n) is 5.52. The largest absolute Gasteiger partial charge is 0.395 e. The van der Waals surface area contributed by atoms with E-state index in [9.17, 15) is 10.2 Å². The van der Waals surface area contributed by atoms with Crippen molar-refractivity contribution in [2.24, 2.45) is 5.92 Å². The molecule has 1 rings (SSSR count). The Bertz CT molecular complexity index is 351. The third-order valence-electron chi connectivity index (χ3n) is 4.05. The van der Waals surface area contributed by atoms with Crippen molar-refractivity contribution in [3.8, 4) is 0 Å². The first-order valence-corrected chi connectivity index (χ1v) is 7.71. The molecule has 0 heterocycles. The van der Waals surface area contributed by atoms with Crippen molar-refractivity contribution >= 4 is 0 Å². The molecule has 0 aliphatic heterocycles. The summed E-state index contributed by atoms with van der Waals surface area (Å²) in [5.41, 5.74) is 0.966. The molecule has 3 nitrogen and oxygen atoms in total. The minimum atomic E-state index is -0.452. The molecule has 114 valence electrons. The molecule has 0 bridgehead atoms. The summed E-state index contributed by atoms with van der Waals surface area (Å²) in [6, 6.07) is 10.3. The molecular weight excluding hydrogens is 250 g/mol. The van der Waals surface area contributed by atoms with Crippen LogP contribution in [0.25, 0.3) is 0 Å². The van der Waals surface area contributed by atoms with Crippen molar-refractivity contribution in [1.82, 2.24) is 4.90 Å². The van der Waals surface area contributed by atoms with E-state index in [4.69, 9.17) is 0 Å². The standard InChI is InChI=1S/C17H29NO2/c1-4-16(5-2)18(11-12-19)13-14(3)17(20)15-9-7-6-8-10-15/h6-10,14,16-17,19-20H,4-5,11-13H2,1-3H3. The van der Waals surface area contributed by atoms with E-state index in [1.54, 1.807) is 0 Å². The van der Waals surface area contributed by atoms with Gasteiger partial charge in [-0.3, -0.25) is 4.90 Å². The minimum Gasteiger partial charge on any atom is -0.395 e. The van der Waals surface area contributed by atoms with Crippen LogP contribution in [0.5, 0.6) is 0 Å². The Hall–Kier alpha value is -0.900. The Morgan fingerprint density at radius 2 is 1.70 bits per heavy atom. The molecule has 0 saturated heterocycles. The SMILES string of the molecule is CCC(CC)N(CCO)CC(C)C(O)c1ccccc1. The number of aliphatic hydroxyl groups is 2. The average molecular weight is 279 g/mol.